The van der Waals surface area contributed by atoms with Crippen molar-refractivity contribution in [1.82, 2.24) is 9.97 Å². The summed E-state index contributed by atoms with van der Waals surface area (Å²) in [7, 11) is 0. The molecule has 0 saturated carbocycles. The van der Waals surface area contributed by atoms with Crippen molar-refractivity contribution in [2.24, 2.45) is 0 Å². The molecule has 15 heavy (non-hydrogen) atoms. The Bertz CT molecular complexity index is 388. The van der Waals surface area contributed by atoms with E-state index in [0.29, 0.717) is 17.6 Å². The maximum Gasteiger partial charge on any atom is 0.234 e. The highest BCUT2D eigenvalue weighted by Gasteiger charge is 1.97. The van der Waals surface area contributed by atoms with Gasteiger partial charge in [0.15, 0.2) is 5.15 Å². The first-order valence-electron chi connectivity index (χ1n) is 4.29. The number of hydrogen-bond donors (Lipinski definition) is 0. The van der Waals surface area contributed by atoms with Crippen molar-refractivity contribution in [3.05, 3.63) is 54.5 Å². The standard InChI is InChI=1S/C11H11ClN2O/c1-3-4-5-9(2)8-15-11-7-13-6-10(12)14-11/h3-7H,1-2,8H2/b5-4-. The number of hydrogen-bond acceptors (Lipinski definition) is 3. The molecule has 0 atom stereocenters. The molecule has 78 valence electrons. The molecule has 0 aromatic carbocycles. The van der Waals surface area contributed by atoms with Gasteiger partial charge in [0, 0.05) is 0 Å². The van der Waals surface area contributed by atoms with Crippen LogP contribution < -0.4 is 4.74 Å². The van der Waals surface area contributed by atoms with E-state index in [1.807, 2.05) is 6.08 Å². The second-order valence-electron chi connectivity index (χ2n) is 2.72. The fourth-order valence-electron chi connectivity index (χ4n) is 0.814. The predicted molar refractivity (Wildman–Crippen MR) is 61.0 cm³/mol. The molecule has 0 fully saturated rings. The highest BCUT2D eigenvalue weighted by molar-refractivity contribution is 6.29. The first-order valence-corrected chi connectivity index (χ1v) is 4.67. The van der Waals surface area contributed by atoms with E-state index in [4.69, 9.17) is 16.3 Å². The van der Waals surface area contributed by atoms with Crippen molar-refractivity contribution in [1.29, 1.82) is 0 Å². The lowest BCUT2D eigenvalue weighted by atomic mass is 10.3. The molecular formula is C11H11ClN2O. The quantitative estimate of drug-likeness (QED) is 0.719. The molecule has 0 aliphatic rings. The largest absolute Gasteiger partial charge is 0.472 e. The van der Waals surface area contributed by atoms with E-state index in [1.54, 1.807) is 12.2 Å². The molecule has 0 aliphatic heterocycles. The molecule has 0 amide bonds. The van der Waals surface area contributed by atoms with Gasteiger partial charge in [-0.15, -0.1) is 0 Å². The Morgan fingerprint density at radius 2 is 2.33 bits per heavy atom. The van der Waals surface area contributed by atoms with Gasteiger partial charge in [-0.1, -0.05) is 43.0 Å². The van der Waals surface area contributed by atoms with E-state index >= 15 is 0 Å². The normalized spacial score (nSPS) is 10.2. The fourth-order valence-corrected chi connectivity index (χ4v) is 0.954. The van der Waals surface area contributed by atoms with Crippen molar-refractivity contribution in [3.8, 4) is 5.88 Å². The van der Waals surface area contributed by atoms with Gasteiger partial charge in [-0.3, -0.25) is 4.98 Å². The Kier molecular flexibility index (Phi) is 4.57. The predicted octanol–water partition coefficient (Wildman–Crippen LogP) is 2.81. The van der Waals surface area contributed by atoms with Crippen LogP contribution in [0.15, 0.2) is 49.4 Å². The Labute approximate surface area is 93.8 Å². The molecule has 0 radical (unpaired) electrons. The van der Waals surface area contributed by atoms with Crippen LogP contribution in [0.1, 0.15) is 0 Å². The molecule has 0 bridgehead atoms. The molecule has 1 rings (SSSR count). The minimum absolute atomic E-state index is 0.305. The number of halogens is 1. The highest BCUT2D eigenvalue weighted by atomic mass is 35.5. The second kappa shape index (κ2) is 5.98. The summed E-state index contributed by atoms with van der Waals surface area (Å²) in [4.78, 5) is 7.76. The summed E-state index contributed by atoms with van der Waals surface area (Å²) in [6, 6.07) is 0. The van der Waals surface area contributed by atoms with Crippen LogP contribution in [0.25, 0.3) is 0 Å². The van der Waals surface area contributed by atoms with Gasteiger partial charge in [0.05, 0.1) is 12.4 Å². The van der Waals surface area contributed by atoms with E-state index in [9.17, 15) is 0 Å². The second-order valence-corrected chi connectivity index (χ2v) is 3.11. The average Bonchev–Trinajstić information content (AvgIpc) is 2.23. The van der Waals surface area contributed by atoms with Crippen LogP contribution in [-0.2, 0) is 0 Å². The maximum atomic E-state index is 5.64. The number of ether oxygens (including phenoxy) is 1. The zero-order valence-electron chi connectivity index (χ0n) is 8.19. The minimum Gasteiger partial charge on any atom is -0.472 e. The number of nitrogens with zero attached hydrogens (tertiary/aromatic N) is 2. The van der Waals surface area contributed by atoms with Gasteiger partial charge >= 0.3 is 0 Å². The molecule has 0 saturated heterocycles. The van der Waals surface area contributed by atoms with Crippen LogP contribution in [0.4, 0.5) is 0 Å². The van der Waals surface area contributed by atoms with Crippen molar-refractivity contribution >= 4 is 11.6 Å². The van der Waals surface area contributed by atoms with Crippen molar-refractivity contribution in [2.75, 3.05) is 6.61 Å². The summed E-state index contributed by atoms with van der Waals surface area (Å²) in [5.74, 6) is 0.385. The van der Waals surface area contributed by atoms with Gasteiger partial charge in [0.25, 0.3) is 0 Å². The van der Waals surface area contributed by atoms with E-state index < -0.39 is 0 Å². The monoisotopic (exact) mass is 222 g/mol. The maximum absolute atomic E-state index is 5.64. The van der Waals surface area contributed by atoms with Gasteiger partial charge < -0.3 is 4.74 Å². The molecule has 0 unspecified atom stereocenters. The van der Waals surface area contributed by atoms with Crippen LogP contribution in [0.2, 0.25) is 5.15 Å². The van der Waals surface area contributed by atoms with Crippen molar-refractivity contribution in [2.45, 2.75) is 0 Å². The zero-order chi connectivity index (χ0) is 11.1. The van der Waals surface area contributed by atoms with Crippen LogP contribution in [0.3, 0.4) is 0 Å². The molecule has 0 aliphatic carbocycles. The third-order valence-electron chi connectivity index (χ3n) is 1.46. The van der Waals surface area contributed by atoms with E-state index in [1.165, 1.54) is 12.4 Å². The van der Waals surface area contributed by atoms with Crippen LogP contribution in [0.5, 0.6) is 5.88 Å². The lowest BCUT2D eigenvalue weighted by Crippen LogP contribution is -2.00. The smallest absolute Gasteiger partial charge is 0.234 e. The summed E-state index contributed by atoms with van der Waals surface area (Å²) in [6.07, 6.45) is 8.21. The zero-order valence-corrected chi connectivity index (χ0v) is 8.94. The summed E-state index contributed by atoms with van der Waals surface area (Å²) in [5.41, 5.74) is 0.816. The molecule has 1 aromatic rings. The first-order chi connectivity index (χ1) is 7.22. The van der Waals surface area contributed by atoms with Crippen molar-refractivity contribution < 1.29 is 4.74 Å². The van der Waals surface area contributed by atoms with E-state index in [2.05, 4.69) is 23.1 Å². The Hall–Kier alpha value is -1.61. The molecule has 0 N–H and O–H groups in total. The van der Waals surface area contributed by atoms with Crippen LogP contribution in [-0.4, -0.2) is 16.6 Å². The minimum atomic E-state index is 0.305. The third-order valence-corrected chi connectivity index (χ3v) is 1.64. The lowest BCUT2D eigenvalue weighted by molar-refractivity contribution is 0.340. The number of rotatable bonds is 5. The van der Waals surface area contributed by atoms with Gasteiger partial charge in [0.1, 0.15) is 6.61 Å². The fraction of sp³-hybridized carbons (Fsp3) is 0.0909. The number of aromatic nitrogens is 2. The molecule has 1 heterocycles. The van der Waals surface area contributed by atoms with Gasteiger partial charge in [-0.25, -0.2) is 0 Å². The van der Waals surface area contributed by atoms with Crippen molar-refractivity contribution in [3.63, 3.8) is 0 Å². The van der Waals surface area contributed by atoms with E-state index in [-0.39, 0.29) is 0 Å². The highest BCUT2D eigenvalue weighted by Crippen LogP contribution is 2.09. The Morgan fingerprint density at radius 1 is 1.53 bits per heavy atom. The van der Waals surface area contributed by atoms with Crippen LogP contribution in [0, 0.1) is 0 Å². The molecule has 4 heteroatoms. The molecule has 1 aromatic heterocycles. The molecule has 0 spiro atoms. The Morgan fingerprint density at radius 3 is 3.00 bits per heavy atom. The third kappa shape index (κ3) is 4.42. The summed E-state index contributed by atoms with van der Waals surface area (Å²) >= 11 is 5.64. The SMILES string of the molecule is C=C/C=C\C(=C)COc1cncc(Cl)n1. The summed E-state index contributed by atoms with van der Waals surface area (Å²) in [5, 5.41) is 0.305. The van der Waals surface area contributed by atoms with Gasteiger partial charge in [-0.05, 0) is 5.57 Å². The van der Waals surface area contributed by atoms with Gasteiger partial charge in [-0.2, -0.15) is 4.98 Å². The number of allylic oxidation sites excluding steroid dienone is 2. The summed E-state index contributed by atoms with van der Waals surface area (Å²) in [6.45, 7) is 7.69. The average molecular weight is 223 g/mol. The molecular weight excluding hydrogens is 212 g/mol. The van der Waals surface area contributed by atoms with Gasteiger partial charge in [0.2, 0.25) is 5.88 Å². The lowest BCUT2D eigenvalue weighted by Gasteiger charge is -2.03. The Balaban J connectivity index is 2.47. The first kappa shape index (κ1) is 11.5. The molecule has 3 nitrogen and oxygen atoms in total. The van der Waals surface area contributed by atoms with E-state index in [0.717, 1.165) is 5.57 Å². The topological polar surface area (TPSA) is 35.0 Å². The van der Waals surface area contributed by atoms with Crippen LogP contribution >= 0.6 is 11.6 Å². The summed E-state index contributed by atoms with van der Waals surface area (Å²) < 4.78 is 5.30.